The molecule has 0 aromatic heterocycles. The van der Waals surface area contributed by atoms with E-state index in [0.29, 0.717) is 37.5 Å². The SMILES string of the molecule is CC(C)CCCCCCCCCCCCCCCCCC(=O)O[C@H](COC(=O)CCCCCCCCCC(C)C)COP(=O)(O)OCC(O)COP(=O)(O)OC[C@@H](COC(=O)CCCCCCCCC(C)C)OC(=O)CCCCCCCCCCCCCCCC(C)C. The van der Waals surface area contributed by atoms with Gasteiger partial charge in [-0.05, 0) is 49.4 Å². The summed E-state index contributed by atoms with van der Waals surface area (Å²) >= 11 is 0. The summed E-state index contributed by atoms with van der Waals surface area (Å²) in [5.41, 5.74) is 0. The summed E-state index contributed by atoms with van der Waals surface area (Å²) in [6, 6.07) is 0. The summed E-state index contributed by atoms with van der Waals surface area (Å²) in [6.07, 6.45) is 47.5. The molecule has 0 saturated heterocycles. The van der Waals surface area contributed by atoms with Crippen molar-refractivity contribution in [1.82, 2.24) is 0 Å². The Bertz CT molecular complexity index is 1830. The van der Waals surface area contributed by atoms with Crippen LogP contribution in [0.5, 0.6) is 0 Å². The minimum atomic E-state index is -4.95. The highest BCUT2D eigenvalue weighted by Gasteiger charge is 2.30. The second-order valence-corrected chi connectivity index (χ2v) is 31.5. The predicted octanol–water partition coefficient (Wildman–Crippen LogP) is 21.3. The first-order chi connectivity index (χ1) is 44.6. The van der Waals surface area contributed by atoms with Crippen LogP contribution >= 0.6 is 15.6 Å². The molecule has 93 heavy (non-hydrogen) atoms. The van der Waals surface area contributed by atoms with Gasteiger partial charge >= 0.3 is 39.5 Å². The quantitative estimate of drug-likeness (QED) is 0.0222. The molecule has 0 saturated carbocycles. The lowest BCUT2D eigenvalue weighted by Gasteiger charge is -2.21. The summed E-state index contributed by atoms with van der Waals surface area (Å²) in [7, 11) is -9.91. The molecule has 0 fully saturated rings. The number of phosphoric acid groups is 2. The second kappa shape index (κ2) is 63.5. The number of esters is 4. The summed E-state index contributed by atoms with van der Waals surface area (Å²) in [6.45, 7) is 14.1. The van der Waals surface area contributed by atoms with Crippen LogP contribution in [0.3, 0.4) is 0 Å². The molecule has 5 atom stereocenters. The molecular formula is C74H144O17P2. The number of rotatable bonds is 71. The molecule has 0 spiro atoms. The molecule has 0 amide bonds. The third-order valence-electron chi connectivity index (χ3n) is 17.1. The van der Waals surface area contributed by atoms with Crippen molar-refractivity contribution in [3.63, 3.8) is 0 Å². The van der Waals surface area contributed by atoms with Crippen LogP contribution in [0.25, 0.3) is 0 Å². The van der Waals surface area contributed by atoms with Gasteiger partial charge in [-0.2, -0.15) is 0 Å². The van der Waals surface area contributed by atoms with Gasteiger partial charge in [0, 0.05) is 25.7 Å². The lowest BCUT2D eigenvalue weighted by molar-refractivity contribution is -0.161. The number of aliphatic hydroxyl groups is 1. The number of carbonyl (C=O) groups excluding carboxylic acids is 4. The van der Waals surface area contributed by atoms with Gasteiger partial charge in [0.05, 0.1) is 26.4 Å². The number of ether oxygens (including phenoxy) is 4. The maximum absolute atomic E-state index is 13.0. The fraction of sp³-hybridized carbons (Fsp3) is 0.946. The number of carbonyl (C=O) groups is 4. The van der Waals surface area contributed by atoms with Crippen molar-refractivity contribution in [1.29, 1.82) is 0 Å². The van der Waals surface area contributed by atoms with Crippen molar-refractivity contribution in [2.45, 2.75) is 388 Å². The number of aliphatic hydroxyl groups excluding tert-OH is 1. The maximum atomic E-state index is 13.0. The van der Waals surface area contributed by atoms with Crippen LogP contribution in [0.2, 0.25) is 0 Å². The molecule has 0 aromatic carbocycles. The van der Waals surface area contributed by atoms with Crippen molar-refractivity contribution < 1.29 is 80.2 Å². The van der Waals surface area contributed by atoms with Crippen LogP contribution in [-0.2, 0) is 65.4 Å². The summed E-state index contributed by atoms with van der Waals surface area (Å²) in [5, 5.41) is 10.6. The average molecular weight is 1370 g/mol. The fourth-order valence-electron chi connectivity index (χ4n) is 11.2. The highest BCUT2D eigenvalue weighted by Crippen LogP contribution is 2.45. The van der Waals surface area contributed by atoms with E-state index < -0.39 is 97.5 Å². The van der Waals surface area contributed by atoms with Gasteiger partial charge in [-0.3, -0.25) is 37.3 Å². The zero-order valence-corrected chi connectivity index (χ0v) is 62.7. The lowest BCUT2D eigenvalue weighted by atomic mass is 10.0. The Morgan fingerprint density at radius 2 is 0.452 bits per heavy atom. The van der Waals surface area contributed by atoms with E-state index in [9.17, 15) is 43.2 Å². The molecule has 0 aliphatic carbocycles. The smallest absolute Gasteiger partial charge is 0.462 e. The predicted molar refractivity (Wildman–Crippen MR) is 377 cm³/mol. The lowest BCUT2D eigenvalue weighted by Crippen LogP contribution is -2.30. The third-order valence-corrected chi connectivity index (χ3v) is 19.0. The zero-order chi connectivity index (χ0) is 68.9. The molecule has 0 bridgehead atoms. The minimum Gasteiger partial charge on any atom is -0.462 e. The molecular weight excluding hydrogens is 1220 g/mol. The highest BCUT2D eigenvalue weighted by molar-refractivity contribution is 7.47. The zero-order valence-electron chi connectivity index (χ0n) is 60.9. The van der Waals surface area contributed by atoms with E-state index >= 15 is 0 Å². The summed E-state index contributed by atoms with van der Waals surface area (Å²) in [5.74, 6) is 0.847. The highest BCUT2D eigenvalue weighted by atomic mass is 31.2. The molecule has 0 rings (SSSR count). The van der Waals surface area contributed by atoms with Gasteiger partial charge in [-0.25, -0.2) is 9.13 Å². The van der Waals surface area contributed by atoms with Gasteiger partial charge in [0.1, 0.15) is 19.3 Å². The van der Waals surface area contributed by atoms with Gasteiger partial charge in [0.2, 0.25) is 0 Å². The minimum absolute atomic E-state index is 0.106. The van der Waals surface area contributed by atoms with Crippen LogP contribution in [0.4, 0.5) is 0 Å². The number of unbranched alkanes of at least 4 members (excludes halogenated alkanes) is 37. The molecule has 3 N–H and O–H groups in total. The van der Waals surface area contributed by atoms with Gasteiger partial charge < -0.3 is 33.8 Å². The van der Waals surface area contributed by atoms with E-state index in [0.717, 1.165) is 115 Å². The van der Waals surface area contributed by atoms with Crippen molar-refractivity contribution in [2.24, 2.45) is 23.7 Å². The van der Waals surface area contributed by atoms with E-state index in [4.69, 9.17) is 37.0 Å². The second-order valence-electron chi connectivity index (χ2n) is 28.6. The third kappa shape index (κ3) is 68.4. The van der Waals surface area contributed by atoms with E-state index in [1.807, 2.05) is 0 Å². The number of hydrogen-bond acceptors (Lipinski definition) is 15. The molecule has 552 valence electrons. The van der Waals surface area contributed by atoms with E-state index in [2.05, 4.69) is 55.4 Å². The largest absolute Gasteiger partial charge is 0.472 e. The van der Waals surface area contributed by atoms with Crippen molar-refractivity contribution >= 4 is 39.5 Å². The molecule has 17 nitrogen and oxygen atoms in total. The standard InChI is InChI=1S/C74H144O17P2/c1-64(2)50-42-34-26-21-17-13-10-9-11-15-19-23-29-40-48-56-73(78)90-69(60-84-71(76)54-46-38-31-25-28-36-44-52-66(5)6)62-88-92(80,81)86-58-68(75)59-87-93(82,83)89-63-70(61-85-72(77)55-47-39-33-32-37-45-53-67(7)8)91-74(79)57-49-41-30-24-20-16-12-14-18-22-27-35-43-51-65(3)4/h64-70,75H,9-63H2,1-8H3,(H,80,81)(H,82,83)/t68?,69-,70-/m1/s1. The van der Waals surface area contributed by atoms with Gasteiger partial charge in [-0.1, -0.05) is 319 Å². The summed E-state index contributed by atoms with van der Waals surface area (Å²) in [4.78, 5) is 72.6. The van der Waals surface area contributed by atoms with E-state index in [-0.39, 0.29) is 25.7 Å². The number of hydrogen-bond donors (Lipinski definition) is 3. The Kier molecular flexibility index (Phi) is 62.2. The molecule has 19 heteroatoms. The fourth-order valence-corrected chi connectivity index (χ4v) is 12.8. The Hall–Kier alpha value is -1.94. The Morgan fingerprint density at radius 3 is 0.667 bits per heavy atom. The monoisotopic (exact) mass is 1370 g/mol. The number of phosphoric ester groups is 2. The molecule has 0 aliphatic rings. The normalized spacial score (nSPS) is 14.2. The topological polar surface area (TPSA) is 237 Å². The van der Waals surface area contributed by atoms with Crippen molar-refractivity contribution in [3.8, 4) is 0 Å². The maximum Gasteiger partial charge on any atom is 0.472 e. The molecule has 0 radical (unpaired) electrons. The van der Waals surface area contributed by atoms with Gasteiger partial charge in [0.15, 0.2) is 12.2 Å². The Labute approximate surface area is 568 Å². The molecule has 3 unspecified atom stereocenters. The average Bonchev–Trinajstić information content (AvgIpc) is 1.88. The molecule has 0 aromatic rings. The van der Waals surface area contributed by atoms with Crippen LogP contribution < -0.4 is 0 Å². The van der Waals surface area contributed by atoms with Gasteiger partial charge in [-0.15, -0.1) is 0 Å². The van der Waals surface area contributed by atoms with Crippen LogP contribution in [0, 0.1) is 23.7 Å². The van der Waals surface area contributed by atoms with Crippen molar-refractivity contribution in [2.75, 3.05) is 39.6 Å². The van der Waals surface area contributed by atoms with Crippen LogP contribution in [0.15, 0.2) is 0 Å². The van der Waals surface area contributed by atoms with Gasteiger partial charge in [0.25, 0.3) is 0 Å². The summed E-state index contributed by atoms with van der Waals surface area (Å²) < 4.78 is 68.4. The first-order valence-electron chi connectivity index (χ1n) is 38.2. The Morgan fingerprint density at radius 1 is 0.269 bits per heavy atom. The van der Waals surface area contributed by atoms with Crippen molar-refractivity contribution in [3.05, 3.63) is 0 Å². The van der Waals surface area contributed by atoms with Crippen LogP contribution in [-0.4, -0.2) is 96.7 Å². The van der Waals surface area contributed by atoms with E-state index in [1.165, 1.54) is 161 Å². The van der Waals surface area contributed by atoms with E-state index in [1.54, 1.807) is 0 Å². The first kappa shape index (κ1) is 91.1. The molecule has 0 aliphatic heterocycles. The molecule has 0 heterocycles. The first-order valence-corrected chi connectivity index (χ1v) is 41.2. The Balaban J connectivity index is 5.20. The van der Waals surface area contributed by atoms with Crippen LogP contribution in [0.1, 0.15) is 370 Å².